The van der Waals surface area contributed by atoms with Gasteiger partial charge in [0.15, 0.2) is 0 Å². The third kappa shape index (κ3) is 1.03. The van der Waals surface area contributed by atoms with Gasteiger partial charge in [0.05, 0.1) is 17.1 Å². The highest BCUT2D eigenvalue weighted by Crippen LogP contribution is 2.60. The number of para-hydroxylation sites is 1. The van der Waals surface area contributed by atoms with Crippen molar-refractivity contribution in [3.8, 4) is 6.07 Å². The van der Waals surface area contributed by atoms with Crippen molar-refractivity contribution in [2.75, 3.05) is 18.4 Å². The van der Waals surface area contributed by atoms with Gasteiger partial charge in [0.25, 0.3) is 0 Å². The zero-order valence-electron chi connectivity index (χ0n) is 11.4. The molecule has 0 bridgehead atoms. The maximum atomic E-state index is 9.60. The third-order valence-electron chi connectivity index (χ3n) is 5.94. The zero-order valence-corrected chi connectivity index (χ0v) is 11.4. The van der Waals surface area contributed by atoms with Crippen molar-refractivity contribution in [3.05, 3.63) is 41.1 Å². The number of anilines is 1. The van der Waals surface area contributed by atoms with Gasteiger partial charge in [0.2, 0.25) is 0 Å². The molecule has 2 fully saturated rings. The Bertz CT molecular complexity index is 684. The monoisotopic (exact) mass is 263 g/mol. The standard InChI is InChI=1S/C17H17N3/c18-10-12-9-11-5-7-20-8-6-17(16(11)20)13-3-1-2-4-14(13)19-15(12)17/h1-4,11,16,19H,5-9H2/t11-,16-,17-/m1/s1. The number of benzene rings is 1. The third-order valence-corrected chi connectivity index (χ3v) is 5.94. The SMILES string of the molecule is N#CC1=C2Nc3ccccc3[C@]23CCN2CC[C@H](C1)[C@@H]23. The van der Waals surface area contributed by atoms with E-state index in [1.54, 1.807) is 0 Å². The number of hydrogen-bond donors (Lipinski definition) is 1. The first kappa shape index (κ1) is 10.9. The van der Waals surface area contributed by atoms with E-state index >= 15 is 0 Å². The molecule has 1 N–H and O–H groups in total. The van der Waals surface area contributed by atoms with Gasteiger partial charge in [-0.05, 0) is 49.9 Å². The summed E-state index contributed by atoms with van der Waals surface area (Å²) in [6.45, 7) is 2.39. The van der Waals surface area contributed by atoms with Gasteiger partial charge >= 0.3 is 0 Å². The van der Waals surface area contributed by atoms with E-state index in [1.165, 1.54) is 42.9 Å². The van der Waals surface area contributed by atoms with Crippen LogP contribution in [-0.2, 0) is 5.41 Å². The second-order valence-electron chi connectivity index (χ2n) is 6.59. The topological polar surface area (TPSA) is 39.1 Å². The Morgan fingerprint density at radius 1 is 1.30 bits per heavy atom. The minimum Gasteiger partial charge on any atom is -0.357 e. The lowest BCUT2D eigenvalue weighted by atomic mass is 9.64. The Morgan fingerprint density at radius 2 is 2.20 bits per heavy atom. The molecule has 3 aliphatic heterocycles. The minimum absolute atomic E-state index is 0.0844. The number of hydrogen-bond acceptors (Lipinski definition) is 3. The largest absolute Gasteiger partial charge is 0.357 e. The molecule has 0 radical (unpaired) electrons. The predicted octanol–water partition coefficient (Wildman–Crippen LogP) is 2.63. The Labute approximate surface area is 118 Å². The number of nitrogens with zero attached hydrogens (tertiary/aromatic N) is 2. The van der Waals surface area contributed by atoms with Gasteiger partial charge in [-0.25, -0.2) is 0 Å². The molecule has 1 spiro atoms. The average Bonchev–Trinajstić information content (AvgIpc) is 3.15. The van der Waals surface area contributed by atoms with Crippen LogP contribution in [0.5, 0.6) is 0 Å². The molecule has 0 unspecified atom stereocenters. The van der Waals surface area contributed by atoms with E-state index in [4.69, 9.17) is 0 Å². The minimum atomic E-state index is 0.0844. The lowest BCUT2D eigenvalue weighted by Gasteiger charge is -2.40. The quantitative estimate of drug-likeness (QED) is 0.782. The lowest BCUT2D eigenvalue weighted by molar-refractivity contribution is 0.231. The van der Waals surface area contributed by atoms with Crippen LogP contribution in [-0.4, -0.2) is 24.0 Å². The van der Waals surface area contributed by atoms with Gasteiger partial charge in [0, 0.05) is 17.4 Å². The molecule has 0 saturated carbocycles. The number of nitriles is 1. The van der Waals surface area contributed by atoms with Gasteiger partial charge in [-0.2, -0.15) is 5.26 Å². The molecule has 1 aliphatic carbocycles. The second kappa shape index (κ2) is 3.45. The summed E-state index contributed by atoms with van der Waals surface area (Å²) >= 11 is 0. The molecule has 5 rings (SSSR count). The Morgan fingerprint density at radius 3 is 3.10 bits per heavy atom. The van der Waals surface area contributed by atoms with Crippen molar-refractivity contribution < 1.29 is 0 Å². The molecule has 4 aliphatic rings. The van der Waals surface area contributed by atoms with E-state index in [2.05, 4.69) is 40.6 Å². The predicted molar refractivity (Wildman–Crippen MR) is 77.1 cm³/mol. The normalized spacial score (nSPS) is 37.1. The summed E-state index contributed by atoms with van der Waals surface area (Å²) in [4.78, 5) is 2.67. The van der Waals surface area contributed by atoms with E-state index in [0.29, 0.717) is 12.0 Å². The van der Waals surface area contributed by atoms with E-state index in [-0.39, 0.29) is 5.41 Å². The van der Waals surface area contributed by atoms with Crippen LogP contribution in [0.3, 0.4) is 0 Å². The molecule has 0 amide bonds. The Kier molecular flexibility index (Phi) is 1.89. The van der Waals surface area contributed by atoms with Crippen LogP contribution in [0.4, 0.5) is 5.69 Å². The first-order chi connectivity index (χ1) is 9.84. The highest BCUT2D eigenvalue weighted by Gasteiger charge is 2.61. The molecule has 20 heavy (non-hydrogen) atoms. The number of fused-ring (bicyclic) bond motifs is 1. The smallest absolute Gasteiger partial charge is 0.0965 e. The van der Waals surface area contributed by atoms with Gasteiger partial charge in [-0.1, -0.05) is 18.2 Å². The number of allylic oxidation sites excluding steroid dienone is 1. The average molecular weight is 263 g/mol. The lowest BCUT2D eigenvalue weighted by Crippen LogP contribution is -2.46. The molecule has 3 nitrogen and oxygen atoms in total. The van der Waals surface area contributed by atoms with E-state index in [1.807, 2.05) is 0 Å². The molecule has 3 atom stereocenters. The van der Waals surface area contributed by atoms with Crippen LogP contribution in [0.1, 0.15) is 24.8 Å². The van der Waals surface area contributed by atoms with Gasteiger partial charge in [-0.15, -0.1) is 0 Å². The summed E-state index contributed by atoms with van der Waals surface area (Å²) < 4.78 is 0. The summed E-state index contributed by atoms with van der Waals surface area (Å²) in [6, 6.07) is 11.8. The van der Waals surface area contributed by atoms with Crippen LogP contribution in [0.15, 0.2) is 35.5 Å². The first-order valence-electron chi connectivity index (χ1n) is 7.59. The zero-order chi connectivity index (χ0) is 13.3. The number of nitrogens with one attached hydrogen (secondary N) is 1. The maximum absolute atomic E-state index is 9.60. The summed E-state index contributed by atoms with van der Waals surface area (Å²) in [6.07, 6.45) is 3.39. The van der Waals surface area contributed by atoms with Crippen molar-refractivity contribution >= 4 is 5.69 Å². The highest BCUT2D eigenvalue weighted by molar-refractivity contribution is 5.72. The van der Waals surface area contributed by atoms with E-state index < -0.39 is 0 Å². The Balaban J connectivity index is 1.83. The molecule has 1 aromatic carbocycles. The fourth-order valence-electron chi connectivity index (χ4n) is 5.31. The molecular formula is C17H17N3. The molecule has 0 aromatic heterocycles. The molecular weight excluding hydrogens is 246 g/mol. The van der Waals surface area contributed by atoms with Crippen molar-refractivity contribution in [1.29, 1.82) is 5.26 Å². The van der Waals surface area contributed by atoms with Gasteiger partial charge in [0.1, 0.15) is 0 Å². The van der Waals surface area contributed by atoms with E-state index in [0.717, 1.165) is 12.0 Å². The summed E-state index contributed by atoms with van der Waals surface area (Å²) in [5.41, 5.74) is 4.98. The van der Waals surface area contributed by atoms with Crippen LogP contribution in [0.25, 0.3) is 0 Å². The first-order valence-corrected chi connectivity index (χ1v) is 7.59. The fraction of sp³-hybridized carbons (Fsp3) is 0.471. The van der Waals surface area contributed by atoms with Gasteiger partial charge < -0.3 is 5.32 Å². The van der Waals surface area contributed by atoms with Crippen LogP contribution < -0.4 is 5.32 Å². The van der Waals surface area contributed by atoms with Crippen molar-refractivity contribution in [1.82, 2.24) is 4.90 Å². The molecule has 1 aromatic rings. The summed E-state index contributed by atoms with van der Waals surface area (Å²) in [7, 11) is 0. The molecule has 3 heterocycles. The Hall–Kier alpha value is -1.79. The van der Waals surface area contributed by atoms with Crippen LogP contribution in [0, 0.1) is 17.2 Å². The maximum Gasteiger partial charge on any atom is 0.0965 e. The van der Waals surface area contributed by atoms with E-state index in [9.17, 15) is 5.26 Å². The molecule has 2 saturated heterocycles. The summed E-state index contributed by atoms with van der Waals surface area (Å²) in [5, 5.41) is 13.2. The highest BCUT2D eigenvalue weighted by atomic mass is 15.2. The van der Waals surface area contributed by atoms with Crippen molar-refractivity contribution in [3.63, 3.8) is 0 Å². The van der Waals surface area contributed by atoms with Crippen LogP contribution >= 0.6 is 0 Å². The number of rotatable bonds is 0. The second-order valence-corrected chi connectivity index (χ2v) is 6.59. The molecule has 3 heteroatoms. The fourth-order valence-corrected chi connectivity index (χ4v) is 5.31. The summed E-state index contributed by atoms with van der Waals surface area (Å²) in [5.74, 6) is 0.670. The van der Waals surface area contributed by atoms with Crippen molar-refractivity contribution in [2.24, 2.45) is 5.92 Å². The van der Waals surface area contributed by atoms with Crippen LogP contribution in [0.2, 0.25) is 0 Å². The van der Waals surface area contributed by atoms with Gasteiger partial charge in [-0.3, -0.25) is 4.90 Å². The van der Waals surface area contributed by atoms with Crippen molar-refractivity contribution in [2.45, 2.75) is 30.7 Å². The molecule has 100 valence electrons.